The number of aliphatic imine (C=N–C) groups is 1. The average molecular weight is 199 g/mol. The highest BCUT2D eigenvalue weighted by atomic mass is 15.1. The summed E-state index contributed by atoms with van der Waals surface area (Å²) >= 11 is 0. The van der Waals surface area contributed by atoms with Gasteiger partial charge in [0.2, 0.25) is 0 Å². The van der Waals surface area contributed by atoms with Gasteiger partial charge in [-0.3, -0.25) is 4.99 Å². The van der Waals surface area contributed by atoms with Crippen molar-refractivity contribution in [2.24, 2.45) is 22.1 Å². The molecule has 0 bridgehead atoms. The van der Waals surface area contributed by atoms with Gasteiger partial charge in [0.1, 0.15) is 0 Å². The molecular formula is C11H25N3. The summed E-state index contributed by atoms with van der Waals surface area (Å²) in [6, 6.07) is 0.351. The molecule has 0 fully saturated rings. The van der Waals surface area contributed by atoms with Crippen LogP contribution in [-0.2, 0) is 0 Å². The highest BCUT2D eigenvalue weighted by Crippen LogP contribution is 2.25. The van der Waals surface area contributed by atoms with E-state index in [1.807, 2.05) is 0 Å². The zero-order valence-electron chi connectivity index (χ0n) is 10.4. The van der Waals surface area contributed by atoms with E-state index in [0.29, 0.717) is 23.3 Å². The minimum Gasteiger partial charge on any atom is -0.370 e. The topological polar surface area (TPSA) is 50.4 Å². The first-order valence-electron chi connectivity index (χ1n) is 5.30. The van der Waals surface area contributed by atoms with Crippen molar-refractivity contribution in [1.82, 2.24) is 5.32 Å². The number of nitrogens with one attached hydrogen (secondary N) is 1. The van der Waals surface area contributed by atoms with E-state index >= 15 is 0 Å². The van der Waals surface area contributed by atoms with Crippen molar-refractivity contribution in [2.45, 2.75) is 47.6 Å². The predicted octanol–water partition coefficient (Wildman–Crippen LogP) is 1.98. The van der Waals surface area contributed by atoms with Crippen molar-refractivity contribution in [3.05, 3.63) is 0 Å². The standard InChI is InChI=1S/C11H25N3/c1-8(2)14-10(12)13-7-9(3)11(4,5)6/h8-9H,7H2,1-6H3,(H3,12,13,14). The Labute approximate surface area is 88.2 Å². The second kappa shape index (κ2) is 5.23. The van der Waals surface area contributed by atoms with Crippen molar-refractivity contribution < 1.29 is 0 Å². The van der Waals surface area contributed by atoms with E-state index in [9.17, 15) is 0 Å². The molecule has 3 N–H and O–H groups in total. The molecule has 0 rings (SSSR count). The molecule has 0 saturated carbocycles. The molecule has 1 unspecified atom stereocenters. The van der Waals surface area contributed by atoms with Crippen LogP contribution in [0.25, 0.3) is 0 Å². The predicted molar refractivity (Wildman–Crippen MR) is 63.4 cm³/mol. The van der Waals surface area contributed by atoms with Crippen LogP contribution in [0, 0.1) is 11.3 Å². The number of nitrogens with zero attached hydrogens (tertiary/aromatic N) is 1. The molecule has 1 atom stereocenters. The molecule has 0 saturated heterocycles. The molecule has 0 aromatic heterocycles. The third kappa shape index (κ3) is 5.84. The molecule has 0 radical (unpaired) electrons. The largest absolute Gasteiger partial charge is 0.370 e. The summed E-state index contributed by atoms with van der Waals surface area (Å²) in [4.78, 5) is 4.31. The summed E-state index contributed by atoms with van der Waals surface area (Å²) in [5.74, 6) is 1.09. The van der Waals surface area contributed by atoms with Gasteiger partial charge in [0, 0.05) is 12.6 Å². The zero-order chi connectivity index (χ0) is 11.4. The smallest absolute Gasteiger partial charge is 0.188 e. The fourth-order valence-corrected chi connectivity index (χ4v) is 0.851. The Morgan fingerprint density at radius 1 is 1.29 bits per heavy atom. The second-order valence-corrected chi connectivity index (χ2v) is 5.29. The van der Waals surface area contributed by atoms with Gasteiger partial charge in [-0.1, -0.05) is 27.7 Å². The lowest BCUT2D eigenvalue weighted by atomic mass is 9.82. The van der Waals surface area contributed by atoms with Gasteiger partial charge in [-0.05, 0) is 25.2 Å². The van der Waals surface area contributed by atoms with Crippen LogP contribution in [0.2, 0.25) is 0 Å². The molecule has 0 aliphatic carbocycles. The van der Waals surface area contributed by atoms with Crippen molar-refractivity contribution in [2.75, 3.05) is 6.54 Å². The Balaban J connectivity index is 4.03. The van der Waals surface area contributed by atoms with E-state index in [1.54, 1.807) is 0 Å². The summed E-state index contributed by atoms with van der Waals surface area (Å²) < 4.78 is 0. The second-order valence-electron chi connectivity index (χ2n) is 5.29. The lowest BCUT2D eigenvalue weighted by molar-refractivity contribution is 0.269. The van der Waals surface area contributed by atoms with Crippen LogP contribution in [0.5, 0.6) is 0 Å². The van der Waals surface area contributed by atoms with Crippen molar-refractivity contribution in [3.8, 4) is 0 Å². The molecule has 3 heteroatoms. The molecule has 84 valence electrons. The fourth-order valence-electron chi connectivity index (χ4n) is 0.851. The number of hydrogen-bond acceptors (Lipinski definition) is 1. The molecule has 14 heavy (non-hydrogen) atoms. The average Bonchev–Trinajstić information content (AvgIpc) is 1.96. The van der Waals surface area contributed by atoms with Crippen LogP contribution in [-0.4, -0.2) is 18.5 Å². The maximum Gasteiger partial charge on any atom is 0.188 e. The Morgan fingerprint density at radius 3 is 2.14 bits per heavy atom. The summed E-state index contributed by atoms with van der Waals surface area (Å²) in [6.07, 6.45) is 0. The van der Waals surface area contributed by atoms with E-state index < -0.39 is 0 Å². The molecule has 0 aromatic rings. The summed E-state index contributed by atoms with van der Waals surface area (Å²) in [5.41, 5.74) is 6.00. The fraction of sp³-hybridized carbons (Fsp3) is 0.909. The molecule has 0 spiro atoms. The Morgan fingerprint density at radius 2 is 1.79 bits per heavy atom. The highest BCUT2D eigenvalue weighted by Gasteiger charge is 2.19. The first kappa shape index (κ1) is 13.3. The molecule has 0 heterocycles. The van der Waals surface area contributed by atoms with Gasteiger partial charge in [-0.15, -0.1) is 0 Å². The van der Waals surface area contributed by atoms with Crippen LogP contribution in [0.3, 0.4) is 0 Å². The van der Waals surface area contributed by atoms with Gasteiger partial charge in [0.25, 0.3) is 0 Å². The summed E-state index contributed by atoms with van der Waals surface area (Å²) in [6.45, 7) is 13.8. The number of hydrogen-bond donors (Lipinski definition) is 2. The monoisotopic (exact) mass is 199 g/mol. The Kier molecular flexibility index (Phi) is 4.95. The van der Waals surface area contributed by atoms with Crippen molar-refractivity contribution in [3.63, 3.8) is 0 Å². The summed E-state index contributed by atoms with van der Waals surface area (Å²) in [5, 5.41) is 3.08. The first-order valence-corrected chi connectivity index (χ1v) is 5.30. The van der Waals surface area contributed by atoms with E-state index in [-0.39, 0.29) is 0 Å². The molecular weight excluding hydrogens is 174 g/mol. The van der Waals surface area contributed by atoms with Gasteiger partial charge < -0.3 is 11.1 Å². The SMILES string of the molecule is CC(C)NC(N)=NCC(C)C(C)(C)C. The van der Waals surface area contributed by atoms with Crippen molar-refractivity contribution >= 4 is 5.96 Å². The lowest BCUT2D eigenvalue weighted by Crippen LogP contribution is -2.37. The van der Waals surface area contributed by atoms with Gasteiger partial charge in [-0.2, -0.15) is 0 Å². The number of rotatable bonds is 3. The maximum atomic E-state index is 5.71. The van der Waals surface area contributed by atoms with E-state index in [0.717, 1.165) is 6.54 Å². The third-order valence-electron chi connectivity index (χ3n) is 2.45. The van der Waals surface area contributed by atoms with Crippen molar-refractivity contribution in [1.29, 1.82) is 0 Å². The summed E-state index contributed by atoms with van der Waals surface area (Å²) in [7, 11) is 0. The van der Waals surface area contributed by atoms with Gasteiger partial charge in [-0.25, -0.2) is 0 Å². The van der Waals surface area contributed by atoms with Crippen LogP contribution in [0.15, 0.2) is 4.99 Å². The van der Waals surface area contributed by atoms with Gasteiger partial charge >= 0.3 is 0 Å². The maximum absolute atomic E-state index is 5.71. The van der Waals surface area contributed by atoms with Gasteiger partial charge in [0.05, 0.1) is 0 Å². The Bertz CT molecular complexity index is 189. The molecule has 0 amide bonds. The molecule has 3 nitrogen and oxygen atoms in total. The highest BCUT2D eigenvalue weighted by molar-refractivity contribution is 5.78. The van der Waals surface area contributed by atoms with E-state index in [2.05, 4.69) is 51.9 Å². The Hall–Kier alpha value is -0.730. The number of nitrogens with two attached hydrogens (primary N) is 1. The molecule has 0 aliphatic heterocycles. The third-order valence-corrected chi connectivity index (χ3v) is 2.45. The molecule has 0 aromatic carbocycles. The zero-order valence-corrected chi connectivity index (χ0v) is 10.4. The van der Waals surface area contributed by atoms with Crippen LogP contribution in [0.4, 0.5) is 0 Å². The minimum absolute atomic E-state index is 0.293. The quantitative estimate of drug-likeness (QED) is 0.539. The van der Waals surface area contributed by atoms with Crippen LogP contribution in [0.1, 0.15) is 41.5 Å². The lowest BCUT2D eigenvalue weighted by Gasteiger charge is -2.25. The van der Waals surface area contributed by atoms with Crippen LogP contribution < -0.4 is 11.1 Å². The number of guanidine groups is 1. The first-order chi connectivity index (χ1) is 6.23. The van der Waals surface area contributed by atoms with Gasteiger partial charge in [0.15, 0.2) is 5.96 Å². The normalized spacial score (nSPS) is 15.8. The molecule has 0 aliphatic rings. The van der Waals surface area contributed by atoms with E-state index in [1.165, 1.54) is 0 Å². The van der Waals surface area contributed by atoms with Crippen LogP contribution >= 0.6 is 0 Å². The minimum atomic E-state index is 0.293. The van der Waals surface area contributed by atoms with E-state index in [4.69, 9.17) is 5.73 Å².